The van der Waals surface area contributed by atoms with Crippen molar-refractivity contribution >= 4 is 23.5 Å². The number of aromatic nitrogens is 2. The molecule has 0 bridgehead atoms. The van der Waals surface area contributed by atoms with Crippen molar-refractivity contribution in [2.24, 2.45) is 0 Å². The van der Waals surface area contributed by atoms with Gasteiger partial charge >= 0.3 is 6.03 Å². The van der Waals surface area contributed by atoms with Crippen molar-refractivity contribution in [1.82, 2.24) is 15.1 Å². The predicted octanol–water partition coefficient (Wildman–Crippen LogP) is 5.39. The Balaban J connectivity index is 1.61. The highest BCUT2D eigenvalue weighted by atomic mass is 32.2. The van der Waals surface area contributed by atoms with Crippen LogP contribution in [0.3, 0.4) is 0 Å². The smallest absolute Gasteiger partial charge is 0.319 e. The minimum absolute atomic E-state index is 0.222. The van der Waals surface area contributed by atoms with E-state index in [4.69, 9.17) is 0 Å². The second kappa shape index (κ2) is 9.46. The van der Waals surface area contributed by atoms with Gasteiger partial charge in [-0.15, -0.1) is 11.8 Å². The molecule has 0 saturated carbocycles. The summed E-state index contributed by atoms with van der Waals surface area (Å²) in [5.41, 5.74) is 3.83. The molecular weight excluding hydrogens is 368 g/mol. The number of anilines is 1. The van der Waals surface area contributed by atoms with Gasteiger partial charge in [0.25, 0.3) is 0 Å². The van der Waals surface area contributed by atoms with Crippen LogP contribution in [0.4, 0.5) is 10.5 Å². The molecule has 28 heavy (non-hydrogen) atoms. The highest BCUT2D eigenvalue weighted by molar-refractivity contribution is 7.99. The Hall–Kier alpha value is -2.73. The average Bonchev–Trinajstić information content (AvgIpc) is 3.23. The van der Waals surface area contributed by atoms with Gasteiger partial charge in [-0.3, -0.25) is 0 Å². The third-order valence-electron chi connectivity index (χ3n) is 4.54. The second-order valence-electron chi connectivity index (χ2n) is 6.70. The molecule has 2 N–H and O–H groups in total. The largest absolute Gasteiger partial charge is 0.334 e. The van der Waals surface area contributed by atoms with E-state index in [-0.39, 0.29) is 6.03 Å². The lowest BCUT2D eigenvalue weighted by atomic mass is 10.2. The summed E-state index contributed by atoms with van der Waals surface area (Å²) in [5.74, 6) is 0. The molecule has 1 unspecified atom stereocenters. The molecule has 1 heterocycles. The van der Waals surface area contributed by atoms with Gasteiger partial charge in [-0.2, -0.15) is 5.10 Å². The number of thioether (sulfide) groups is 1. The Morgan fingerprint density at radius 1 is 1.21 bits per heavy atom. The first-order valence-electron chi connectivity index (χ1n) is 9.47. The predicted molar refractivity (Wildman–Crippen MR) is 116 cm³/mol. The molecule has 0 fully saturated rings. The molecule has 0 aliphatic rings. The first-order chi connectivity index (χ1) is 13.6. The highest BCUT2D eigenvalue weighted by Gasteiger charge is 2.09. The van der Waals surface area contributed by atoms with Gasteiger partial charge in [0.2, 0.25) is 0 Å². The summed E-state index contributed by atoms with van der Waals surface area (Å²) < 4.78 is 1.80. The van der Waals surface area contributed by atoms with E-state index in [0.717, 1.165) is 28.9 Å². The van der Waals surface area contributed by atoms with Crippen LogP contribution in [0.5, 0.6) is 0 Å². The molecule has 3 rings (SSSR count). The second-order valence-corrected chi connectivity index (χ2v) is 8.21. The maximum Gasteiger partial charge on any atom is 0.319 e. The van der Waals surface area contributed by atoms with Crippen LogP contribution < -0.4 is 10.6 Å². The zero-order valence-electron chi connectivity index (χ0n) is 16.5. The number of hydrogen-bond acceptors (Lipinski definition) is 3. The third-order valence-corrected chi connectivity index (χ3v) is 5.80. The summed E-state index contributed by atoms with van der Waals surface area (Å²) in [6, 6.07) is 15.7. The van der Waals surface area contributed by atoms with Gasteiger partial charge in [0.05, 0.1) is 5.69 Å². The van der Waals surface area contributed by atoms with E-state index in [1.165, 1.54) is 4.90 Å². The summed E-state index contributed by atoms with van der Waals surface area (Å²) in [7, 11) is 0. The lowest BCUT2D eigenvalue weighted by Gasteiger charge is -2.14. The number of amides is 2. The van der Waals surface area contributed by atoms with Gasteiger partial charge in [0, 0.05) is 34.8 Å². The van der Waals surface area contributed by atoms with E-state index in [2.05, 4.69) is 41.7 Å². The van der Waals surface area contributed by atoms with E-state index in [9.17, 15) is 4.79 Å². The molecule has 2 aromatic carbocycles. The number of hydrogen-bond donors (Lipinski definition) is 2. The maximum atomic E-state index is 12.4. The Labute approximate surface area is 170 Å². The summed E-state index contributed by atoms with van der Waals surface area (Å²) in [4.78, 5) is 13.6. The molecule has 0 radical (unpaired) electrons. The normalized spacial score (nSPS) is 11.8. The van der Waals surface area contributed by atoms with Crippen molar-refractivity contribution in [2.75, 3.05) is 5.32 Å². The molecule has 6 heteroatoms. The molecule has 3 aromatic rings. The molecule has 1 atom stereocenters. The lowest BCUT2D eigenvalue weighted by molar-refractivity contribution is 0.251. The number of para-hydroxylation sites is 1. The zero-order chi connectivity index (χ0) is 19.9. The van der Waals surface area contributed by atoms with Crippen LogP contribution in [0, 0.1) is 6.92 Å². The maximum absolute atomic E-state index is 12.4. The quantitative estimate of drug-likeness (QED) is 0.528. The standard InChI is InChI=1S/C22H26N4OS/c1-4-17(3)28-19-10-11-20(16(2)14-19)25-22(27)23-15-18-8-5-6-9-21(18)26-13-7-12-24-26/h5-14,17H,4,15H2,1-3H3,(H2,23,25,27). The molecular formula is C22H26N4OS. The Bertz CT molecular complexity index is 924. The topological polar surface area (TPSA) is 59.0 Å². The number of benzene rings is 2. The van der Waals surface area contributed by atoms with Crippen molar-refractivity contribution in [3.63, 3.8) is 0 Å². The zero-order valence-corrected chi connectivity index (χ0v) is 17.3. The van der Waals surface area contributed by atoms with E-state index < -0.39 is 0 Å². The van der Waals surface area contributed by atoms with Gasteiger partial charge in [-0.05, 0) is 54.8 Å². The third kappa shape index (κ3) is 5.16. The summed E-state index contributed by atoms with van der Waals surface area (Å²) in [6.45, 7) is 6.85. The Morgan fingerprint density at radius 3 is 2.75 bits per heavy atom. The van der Waals surface area contributed by atoms with Crippen LogP contribution in [0.2, 0.25) is 0 Å². The monoisotopic (exact) mass is 394 g/mol. The van der Waals surface area contributed by atoms with Crippen molar-refractivity contribution in [1.29, 1.82) is 0 Å². The lowest BCUT2D eigenvalue weighted by Crippen LogP contribution is -2.29. The molecule has 0 aliphatic heterocycles. The van der Waals surface area contributed by atoms with Gasteiger partial charge in [-0.1, -0.05) is 32.0 Å². The summed E-state index contributed by atoms with van der Waals surface area (Å²) in [5, 5.41) is 10.7. The summed E-state index contributed by atoms with van der Waals surface area (Å²) >= 11 is 1.86. The SMILES string of the molecule is CCC(C)Sc1ccc(NC(=O)NCc2ccccc2-n2cccn2)c(C)c1. The van der Waals surface area contributed by atoms with Crippen LogP contribution >= 0.6 is 11.8 Å². The van der Waals surface area contributed by atoms with E-state index in [0.29, 0.717) is 11.8 Å². The van der Waals surface area contributed by atoms with Gasteiger partial charge in [0.1, 0.15) is 0 Å². The first kappa shape index (κ1) is 20.0. The minimum Gasteiger partial charge on any atom is -0.334 e. The average molecular weight is 395 g/mol. The summed E-state index contributed by atoms with van der Waals surface area (Å²) in [6.07, 6.45) is 4.76. The number of urea groups is 1. The fourth-order valence-corrected chi connectivity index (χ4v) is 3.83. The van der Waals surface area contributed by atoms with Crippen LogP contribution in [-0.4, -0.2) is 21.1 Å². The van der Waals surface area contributed by atoms with Crippen LogP contribution in [0.25, 0.3) is 5.69 Å². The van der Waals surface area contributed by atoms with Gasteiger partial charge in [0.15, 0.2) is 0 Å². The number of carbonyl (C=O) groups excluding carboxylic acids is 1. The van der Waals surface area contributed by atoms with E-state index in [1.54, 1.807) is 10.9 Å². The van der Waals surface area contributed by atoms with Crippen molar-refractivity contribution in [3.05, 3.63) is 72.1 Å². The van der Waals surface area contributed by atoms with Crippen LogP contribution in [0.15, 0.2) is 65.8 Å². The number of aryl methyl sites for hydroxylation is 1. The van der Waals surface area contributed by atoms with Crippen molar-refractivity contribution in [3.8, 4) is 5.69 Å². The number of rotatable bonds is 7. The minimum atomic E-state index is -0.222. The number of nitrogens with zero attached hydrogens (tertiary/aromatic N) is 2. The van der Waals surface area contributed by atoms with Crippen LogP contribution in [0.1, 0.15) is 31.4 Å². The van der Waals surface area contributed by atoms with E-state index in [1.807, 2.05) is 61.3 Å². The van der Waals surface area contributed by atoms with Crippen molar-refractivity contribution in [2.45, 2.75) is 43.9 Å². The fraction of sp³-hybridized carbons (Fsp3) is 0.273. The molecule has 1 aromatic heterocycles. The fourth-order valence-electron chi connectivity index (χ4n) is 2.80. The molecule has 0 saturated heterocycles. The van der Waals surface area contributed by atoms with Gasteiger partial charge < -0.3 is 10.6 Å². The number of carbonyl (C=O) groups is 1. The van der Waals surface area contributed by atoms with E-state index >= 15 is 0 Å². The van der Waals surface area contributed by atoms with Crippen molar-refractivity contribution < 1.29 is 4.79 Å². The van der Waals surface area contributed by atoms with Gasteiger partial charge in [-0.25, -0.2) is 9.48 Å². The highest BCUT2D eigenvalue weighted by Crippen LogP contribution is 2.28. The van der Waals surface area contributed by atoms with Crippen LogP contribution in [-0.2, 0) is 6.54 Å². The number of nitrogens with one attached hydrogen (secondary N) is 2. The molecule has 146 valence electrons. The molecule has 0 aliphatic carbocycles. The molecule has 5 nitrogen and oxygen atoms in total. The Morgan fingerprint density at radius 2 is 2.04 bits per heavy atom. The molecule has 2 amide bonds. The molecule has 0 spiro atoms. The Kier molecular flexibility index (Phi) is 6.76. The first-order valence-corrected chi connectivity index (χ1v) is 10.3.